The molecule has 226 valence electrons. The van der Waals surface area contributed by atoms with Gasteiger partial charge in [-0.25, -0.2) is 0 Å². The summed E-state index contributed by atoms with van der Waals surface area (Å²) in [6, 6.07) is 0. The molecule has 38 heavy (non-hydrogen) atoms. The van der Waals surface area contributed by atoms with E-state index >= 15 is 0 Å². The number of hydrogen-bond acceptors (Lipinski definition) is 4. The fraction of sp³-hybridized carbons (Fsp3) is 0.938. The van der Waals surface area contributed by atoms with Crippen molar-refractivity contribution in [3.8, 4) is 0 Å². The van der Waals surface area contributed by atoms with Gasteiger partial charge in [0, 0.05) is 12.8 Å². The summed E-state index contributed by atoms with van der Waals surface area (Å²) in [7, 11) is 13.5. The maximum atomic E-state index is 11.9. The van der Waals surface area contributed by atoms with Crippen molar-refractivity contribution >= 4 is 11.9 Å². The highest BCUT2D eigenvalue weighted by Crippen LogP contribution is 2.12. The van der Waals surface area contributed by atoms with Crippen LogP contribution in [0.5, 0.6) is 0 Å². The molecule has 0 amide bonds. The Morgan fingerprint density at radius 1 is 0.395 bits per heavy atom. The summed E-state index contributed by atoms with van der Waals surface area (Å²) in [4.78, 5) is 23.7. The van der Waals surface area contributed by atoms with Crippen LogP contribution in [0, 0.1) is 0 Å². The van der Waals surface area contributed by atoms with Gasteiger partial charge in [0.25, 0.3) is 0 Å². The minimum atomic E-state index is -0.135. The zero-order valence-electron chi connectivity index (χ0n) is 26.5. The van der Waals surface area contributed by atoms with Crippen LogP contribution in [0.1, 0.15) is 128 Å². The van der Waals surface area contributed by atoms with Crippen molar-refractivity contribution in [1.82, 2.24) is 0 Å². The third-order valence-electron chi connectivity index (χ3n) is 6.98. The molecule has 0 saturated carbocycles. The van der Waals surface area contributed by atoms with Crippen LogP contribution in [0.2, 0.25) is 0 Å². The molecule has 6 nitrogen and oxygen atoms in total. The minimum Gasteiger partial charge on any atom is -0.466 e. The molecule has 0 heterocycles. The molecule has 0 saturated heterocycles. The molecule has 0 N–H and O–H groups in total. The lowest BCUT2D eigenvalue weighted by Gasteiger charge is -2.23. The lowest BCUT2D eigenvalue weighted by molar-refractivity contribution is -0.870. The lowest BCUT2D eigenvalue weighted by atomic mass is 10.1. The van der Waals surface area contributed by atoms with E-state index in [1.807, 2.05) is 0 Å². The number of nitrogens with zero attached hydrogens (tertiary/aromatic N) is 2. The second kappa shape index (κ2) is 23.7. The van der Waals surface area contributed by atoms with Crippen molar-refractivity contribution in [2.24, 2.45) is 0 Å². The zero-order chi connectivity index (χ0) is 28.5. The van der Waals surface area contributed by atoms with Crippen LogP contribution >= 0.6 is 0 Å². The number of esters is 2. The van der Waals surface area contributed by atoms with Crippen LogP contribution in [-0.2, 0) is 19.1 Å². The number of carbonyl (C=O) groups is 2. The predicted octanol–water partition coefficient (Wildman–Crippen LogP) is 7.29. The maximum absolute atomic E-state index is 11.9. The van der Waals surface area contributed by atoms with Crippen molar-refractivity contribution in [2.75, 3.05) is 68.6 Å². The van der Waals surface area contributed by atoms with Gasteiger partial charge in [0.15, 0.2) is 0 Å². The summed E-state index contributed by atoms with van der Waals surface area (Å²) in [5.74, 6) is -0.270. The highest BCUT2D eigenvalue weighted by atomic mass is 16.5. The van der Waals surface area contributed by atoms with E-state index < -0.39 is 0 Å². The topological polar surface area (TPSA) is 52.6 Å². The van der Waals surface area contributed by atoms with Gasteiger partial charge in [0.2, 0.25) is 0 Å². The van der Waals surface area contributed by atoms with Crippen LogP contribution < -0.4 is 0 Å². The molecule has 0 unspecified atom stereocenters. The third-order valence-corrected chi connectivity index (χ3v) is 6.98. The summed E-state index contributed by atoms with van der Waals surface area (Å²) in [5.41, 5.74) is 0. The Morgan fingerprint density at radius 2 is 0.658 bits per heavy atom. The van der Waals surface area contributed by atoms with Crippen LogP contribution in [-0.4, -0.2) is 89.5 Å². The van der Waals surface area contributed by atoms with E-state index in [0.717, 1.165) is 34.6 Å². The first kappa shape index (κ1) is 36.9. The van der Waals surface area contributed by atoms with Crippen molar-refractivity contribution in [3.05, 3.63) is 0 Å². The molecule has 0 aliphatic rings. The summed E-state index contributed by atoms with van der Waals surface area (Å²) < 4.78 is 12.8. The highest BCUT2D eigenvalue weighted by Gasteiger charge is 2.08. The molecule has 0 atom stereocenters. The van der Waals surface area contributed by atoms with E-state index in [-0.39, 0.29) is 11.9 Å². The summed E-state index contributed by atoms with van der Waals surface area (Å²) >= 11 is 0. The number of ether oxygens (including phenoxy) is 2. The average Bonchev–Trinajstić information content (AvgIpc) is 2.82. The molecular formula is C32H66N2O4+2. The van der Waals surface area contributed by atoms with E-state index in [4.69, 9.17) is 9.47 Å². The van der Waals surface area contributed by atoms with Crippen LogP contribution in [0.15, 0.2) is 0 Å². The minimum absolute atomic E-state index is 0.135. The second-order valence-corrected chi connectivity index (χ2v) is 13.3. The first-order valence-corrected chi connectivity index (χ1v) is 15.9. The Kier molecular flexibility index (Phi) is 23.0. The van der Waals surface area contributed by atoms with Gasteiger partial charge in [0.05, 0.1) is 68.6 Å². The molecule has 0 aromatic rings. The number of carbonyl (C=O) groups excluding carboxylic acids is 2. The summed E-state index contributed by atoms with van der Waals surface area (Å²) in [6.45, 7) is 3.57. The monoisotopic (exact) mass is 543 g/mol. The number of hydrogen-bond donors (Lipinski definition) is 0. The number of unbranched alkanes of at least 4 members (excludes halogenated alkanes) is 15. The largest absolute Gasteiger partial charge is 0.466 e. The van der Waals surface area contributed by atoms with Crippen molar-refractivity contribution in [3.63, 3.8) is 0 Å². The Hall–Kier alpha value is -1.14. The molecule has 0 bridgehead atoms. The van der Waals surface area contributed by atoms with E-state index in [1.54, 1.807) is 0 Å². The van der Waals surface area contributed by atoms with Gasteiger partial charge in [-0.3, -0.25) is 9.59 Å². The quantitative estimate of drug-likeness (QED) is 0.0621. The summed E-state index contributed by atoms with van der Waals surface area (Å²) in [6.07, 6.45) is 22.0. The van der Waals surface area contributed by atoms with E-state index in [0.29, 0.717) is 38.9 Å². The fourth-order valence-corrected chi connectivity index (χ4v) is 4.55. The molecule has 0 radical (unpaired) electrons. The smallest absolute Gasteiger partial charge is 0.305 e. The molecule has 0 rings (SSSR count). The predicted molar refractivity (Wildman–Crippen MR) is 160 cm³/mol. The molecule has 0 fully saturated rings. The Balaban J connectivity index is 3.34. The molecule has 0 aliphatic heterocycles. The molecule has 0 aromatic carbocycles. The number of quaternary nitrogens is 2. The SMILES string of the molecule is C[N+](C)(C)CCCCCCCCCCOC(=O)CCCCC(=O)OCCCCCCCCCC[N+](C)(C)C. The van der Waals surface area contributed by atoms with Gasteiger partial charge in [-0.1, -0.05) is 64.2 Å². The lowest BCUT2D eigenvalue weighted by Crippen LogP contribution is -2.35. The van der Waals surface area contributed by atoms with Gasteiger partial charge in [-0.05, 0) is 51.4 Å². The standard InChI is InChI=1S/C32H66N2O4/c1-33(2,3)27-21-15-11-7-9-13-17-23-29-37-31(35)25-19-20-26-32(36)38-30-24-18-14-10-8-12-16-22-28-34(4,5)6/h7-30H2,1-6H3/q+2. The van der Waals surface area contributed by atoms with E-state index in [2.05, 4.69) is 42.3 Å². The second-order valence-electron chi connectivity index (χ2n) is 13.3. The molecule has 0 spiro atoms. The Labute approximate surface area is 237 Å². The highest BCUT2D eigenvalue weighted by molar-refractivity contribution is 5.70. The molecule has 0 aromatic heterocycles. The number of rotatable bonds is 27. The molecular weight excluding hydrogens is 476 g/mol. The Morgan fingerprint density at radius 3 is 0.947 bits per heavy atom. The average molecular weight is 543 g/mol. The zero-order valence-corrected chi connectivity index (χ0v) is 26.5. The van der Waals surface area contributed by atoms with Gasteiger partial charge in [-0.15, -0.1) is 0 Å². The third kappa shape index (κ3) is 31.1. The first-order chi connectivity index (χ1) is 18.0. The normalized spacial score (nSPS) is 12.1. The van der Waals surface area contributed by atoms with Crippen molar-refractivity contribution in [1.29, 1.82) is 0 Å². The van der Waals surface area contributed by atoms with Gasteiger partial charge in [-0.2, -0.15) is 0 Å². The van der Waals surface area contributed by atoms with Gasteiger partial charge < -0.3 is 18.4 Å². The van der Waals surface area contributed by atoms with Crippen LogP contribution in [0.3, 0.4) is 0 Å². The van der Waals surface area contributed by atoms with E-state index in [1.165, 1.54) is 90.1 Å². The fourth-order valence-electron chi connectivity index (χ4n) is 4.55. The van der Waals surface area contributed by atoms with Crippen molar-refractivity contribution < 1.29 is 28.0 Å². The first-order valence-electron chi connectivity index (χ1n) is 15.9. The summed E-state index contributed by atoms with van der Waals surface area (Å²) in [5, 5.41) is 0. The molecule has 6 heteroatoms. The maximum Gasteiger partial charge on any atom is 0.305 e. The Bertz CT molecular complexity index is 517. The van der Waals surface area contributed by atoms with Gasteiger partial charge in [0.1, 0.15) is 0 Å². The van der Waals surface area contributed by atoms with Gasteiger partial charge >= 0.3 is 11.9 Å². The molecule has 0 aliphatic carbocycles. The van der Waals surface area contributed by atoms with Crippen LogP contribution in [0.4, 0.5) is 0 Å². The van der Waals surface area contributed by atoms with E-state index in [9.17, 15) is 9.59 Å². The van der Waals surface area contributed by atoms with Crippen molar-refractivity contribution in [2.45, 2.75) is 128 Å². The van der Waals surface area contributed by atoms with Crippen LogP contribution in [0.25, 0.3) is 0 Å².